The lowest BCUT2D eigenvalue weighted by Crippen LogP contribution is -2.59. The second-order valence-corrected chi connectivity index (χ2v) is 8.49. The average molecular weight is 426 g/mol. The minimum Gasteiger partial charge on any atom is -0.361 e. The van der Waals surface area contributed by atoms with Crippen molar-refractivity contribution in [1.29, 1.82) is 0 Å². The zero-order valence-corrected chi connectivity index (χ0v) is 18.0. The van der Waals surface area contributed by atoms with E-state index in [1.807, 2.05) is 54.2 Å². The van der Waals surface area contributed by atoms with E-state index in [9.17, 15) is 14.0 Å². The number of morpholine rings is 1. The van der Waals surface area contributed by atoms with Crippen molar-refractivity contribution in [2.75, 3.05) is 53.4 Å². The number of carbonyl (C=O) groups excluding carboxylic acids is 2. The van der Waals surface area contributed by atoms with Crippen LogP contribution in [0.1, 0.15) is 21.8 Å². The van der Waals surface area contributed by atoms with Crippen molar-refractivity contribution in [1.82, 2.24) is 14.7 Å². The summed E-state index contributed by atoms with van der Waals surface area (Å²) in [5, 5.41) is 0. The van der Waals surface area contributed by atoms with Gasteiger partial charge in [-0.1, -0.05) is 36.4 Å². The summed E-state index contributed by atoms with van der Waals surface area (Å²) < 4.78 is 19.9. The van der Waals surface area contributed by atoms with Gasteiger partial charge in [0.1, 0.15) is 5.82 Å². The van der Waals surface area contributed by atoms with Crippen LogP contribution in [0.4, 0.5) is 4.39 Å². The molecule has 2 amide bonds. The second-order valence-electron chi connectivity index (χ2n) is 8.49. The van der Waals surface area contributed by atoms with Gasteiger partial charge in [-0.2, -0.15) is 0 Å². The first-order valence-corrected chi connectivity index (χ1v) is 10.6. The number of hydrogen-bond acceptors (Lipinski definition) is 4. The summed E-state index contributed by atoms with van der Waals surface area (Å²) in [6.07, 6.45) is 0. The number of amides is 2. The van der Waals surface area contributed by atoms with Crippen molar-refractivity contribution in [2.24, 2.45) is 0 Å². The van der Waals surface area contributed by atoms with Crippen molar-refractivity contribution in [2.45, 2.75) is 11.5 Å². The predicted molar refractivity (Wildman–Crippen MR) is 115 cm³/mol. The van der Waals surface area contributed by atoms with Crippen molar-refractivity contribution in [3.8, 4) is 0 Å². The highest BCUT2D eigenvalue weighted by Gasteiger charge is 2.58. The molecule has 0 aromatic heterocycles. The molecule has 7 heteroatoms. The van der Waals surface area contributed by atoms with Crippen molar-refractivity contribution in [3.05, 3.63) is 71.5 Å². The molecular formula is C24H28FN3O3. The third-order valence-corrected chi connectivity index (χ3v) is 6.14. The standard InChI is InChI=1S/C24H28FN3O3/c1-26(2)11-12-27-16-21(18-7-4-3-5-8-18)24(23(27)30)17-28(13-14-31-24)22(29)19-9-6-10-20(25)15-19/h3-10,15,21H,11-14,16-17H2,1-2H3/t21-,24+/m1/s1. The van der Waals surface area contributed by atoms with Crippen molar-refractivity contribution >= 4 is 11.8 Å². The molecule has 2 aromatic carbocycles. The zero-order valence-electron chi connectivity index (χ0n) is 18.0. The van der Waals surface area contributed by atoms with E-state index >= 15 is 0 Å². The SMILES string of the molecule is CN(C)CCN1C[C@H](c2ccccc2)[C@@]2(CN(C(=O)c3cccc(F)c3)CCO2)C1=O. The fourth-order valence-electron chi connectivity index (χ4n) is 4.50. The fourth-order valence-corrected chi connectivity index (χ4v) is 4.50. The van der Waals surface area contributed by atoms with E-state index in [2.05, 4.69) is 0 Å². The van der Waals surface area contributed by atoms with E-state index in [-0.39, 0.29) is 36.4 Å². The summed E-state index contributed by atoms with van der Waals surface area (Å²) in [6.45, 7) is 2.66. The van der Waals surface area contributed by atoms with Gasteiger partial charge in [-0.3, -0.25) is 9.59 Å². The van der Waals surface area contributed by atoms with Gasteiger partial charge in [-0.25, -0.2) is 4.39 Å². The van der Waals surface area contributed by atoms with Gasteiger partial charge in [0.25, 0.3) is 11.8 Å². The monoisotopic (exact) mass is 425 g/mol. The molecule has 2 fully saturated rings. The van der Waals surface area contributed by atoms with Crippen LogP contribution in [0.25, 0.3) is 0 Å². The molecule has 4 rings (SSSR count). The van der Waals surface area contributed by atoms with Crippen LogP contribution in [0, 0.1) is 5.82 Å². The van der Waals surface area contributed by atoms with Gasteiger partial charge >= 0.3 is 0 Å². The Morgan fingerprint density at radius 2 is 1.97 bits per heavy atom. The second kappa shape index (κ2) is 8.77. The summed E-state index contributed by atoms with van der Waals surface area (Å²) in [4.78, 5) is 32.2. The molecule has 0 unspecified atom stereocenters. The number of rotatable bonds is 5. The molecule has 2 heterocycles. The van der Waals surface area contributed by atoms with Crippen LogP contribution < -0.4 is 0 Å². The summed E-state index contributed by atoms with van der Waals surface area (Å²) in [7, 11) is 3.95. The molecule has 2 atom stereocenters. The van der Waals surface area contributed by atoms with Gasteiger partial charge in [0, 0.05) is 37.7 Å². The molecule has 31 heavy (non-hydrogen) atoms. The van der Waals surface area contributed by atoms with Gasteiger partial charge in [0.05, 0.1) is 13.2 Å². The van der Waals surface area contributed by atoms with E-state index < -0.39 is 11.4 Å². The number of carbonyl (C=O) groups is 2. The van der Waals surface area contributed by atoms with Crippen molar-refractivity contribution in [3.63, 3.8) is 0 Å². The number of hydrogen-bond donors (Lipinski definition) is 0. The summed E-state index contributed by atoms with van der Waals surface area (Å²) >= 11 is 0. The summed E-state index contributed by atoms with van der Waals surface area (Å²) in [6, 6.07) is 15.5. The van der Waals surface area contributed by atoms with Gasteiger partial charge in [0.15, 0.2) is 5.60 Å². The normalized spacial score (nSPS) is 23.7. The largest absolute Gasteiger partial charge is 0.361 e. The number of ether oxygens (including phenoxy) is 1. The lowest BCUT2D eigenvalue weighted by molar-refractivity contribution is -0.159. The molecule has 0 bridgehead atoms. The maximum Gasteiger partial charge on any atom is 0.257 e. The first-order chi connectivity index (χ1) is 14.9. The fraction of sp³-hybridized carbons (Fsp3) is 0.417. The maximum absolute atomic E-state index is 13.7. The lowest BCUT2D eigenvalue weighted by Gasteiger charge is -2.42. The molecule has 0 saturated carbocycles. The molecule has 0 radical (unpaired) electrons. The Kier molecular flexibility index (Phi) is 6.07. The summed E-state index contributed by atoms with van der Waals surface area (Å²) in [5.41, 5.74) is 0.168. The Morgan fingerprint density at radius 1 is 1.19 bits per heavy atom. The highest BCUT2D eigenvalue weighted by atomic mass is 19.1. The minimum absolute atomic E-state index is 0.0834. The topological polar surface area (TPSA) is 53.1 Å². The summed E-state index contributed by atoms with van der Waals surface area (Å²) in [5.74, 6) is -1.01. The first-order valence-electron chi connectivity index (χ1n) is 10.6. The van der Waals surface area contributed by atoms with Crippen LogP contribution in [0.3, 0.4) is 0 Å². The van der Waals surface area contributed by atoms with Gasteiger partial charge in [-0.05, 0) is 37.9 Å². The average Bonchev–Trinajstić information content (AvgIpc) is 3.03. The molecule has 2 aromatic rings. The van der Waals surface area contributed by atoms with E-state index in [1.165, 1.54) is 18.2 Å². The molecule has 2 aliphatic heterocycles. The maximum atomic E-state index is 13.7. The molecule has 164 valence electrons. The van der Waals surface area contributed by atoms with Crippen LogP contribution in [0.5, 0.6) is 0 Å². The van der Waals surface area contributed by atoms with Crippen LogP contribution in [0.2, 0.25) is 0 Å². The number of likely N-dealkylation sites (tertiary alicyclic amines) is 1. The third-order valence-electron chi connectivity index (χ3n) is 6.14. The number of halogens is 1. The lowest BCUT2D eigenvalue weighted by atomic mass is 9.83. The highest BCUT2D eigenvalue weighted by Crippen LogP contribution is 2.42. The van der Waals surface area contributed by atoms with E-state index in [1.54, 1.807) is 11.0 Å². The van der Waals surface area contributed by atoms with Crippen molar-refractivity contribution < 1.29 is 18.7 Å². The van der Waals surface area contributed by atoms with E-state index in [0.29, 0.717) is 19.6 Å². The molecule has 0 aliphatic carbocycles. The minimum atomic E-state index is -1.13. The Morgan fingerprint density at radius 3 is 2.68 bits per heavy atom. The molecular weight excluding hydrogens is 397 g/mol. The van der Waals surface area contributed by atoms with Crippen LogP contribution in [0.15, 0.2) is 54.6 Å². The van der Waals surface area contributed by atoms with E-state index in [4.69, 9.17) is 4.74 Å². The van der Waals surface area contributed by atoms with Crippen LogP contribution >= 0.6 is 0 Å². The smallest absolute Gasteiger partial charge is 0.257 e. The number of nitrogens with zero attached hydrogens (tertiary/aromatic N) is 3. The molecule has 2 aliphatic rings. The third kappa shape index (κ3) is 4.20. The Balaban J connectivity index is 1.65. The number of likely N-dealkylation sites (N-methyl/N-ethyl adjacent to an activating group) is 1. The predicted octanol–water partition coefficient (Wildman–Crippen LogP) is 2.22. The van der Waals surface area contributed by atoms with Gasteiger partial charge in [0.2, 0.25) is 0 Å². The van der Waals surface area contributed by atoms with E-state index in [0.717, 1.165) is 12.1 Å². The Hall–Kier alpha value is -2.77. The van der Waals surface area contributed by atoms with Gasteiger partial charge in [-0.15, -0.1) is 0 Å². The molecule has 2 saturated heterocycles. The molecule has 0 N–H and O–H groups in total. The Bertz CT molecular complexity index is 952. The molecule has 6 nitrogen and oxygen atoms in total. The quantitative estimate of drug-likeness (QED) is 0.737. The highest BCUT2D eigenvalue weighted by molar-refractivity contribution is 5.96. The van der Waals surface area contributed by atoms with Gasteiger partial charge < -0.3 is 19.4 Å². The Labute approximate surface area is 182 Å². The molecule has 1 spiro atoms. The first kappa shape index (κ1) is 21.5. The number of benzene rings is 2. The van der Waals surface area contributed by atoms with Crippen LogP contribution in [-0.2, 0) is 9.53 Å². The zero-order chi connectivity index (χ0) is 22.0. The van der Waals surface area contributed by atoms with Crippen LogP contribution in [-0.4, -0.2) is 85.5 Å².